The second-order valence-electron chi connectivity index (χ2n) is 5.71. The first-order chi connectivity index (χ1) is 12.5. The molecular weight excluding hydrogens is 377 g/mol. The Hall–Kier alpha value is -2.44. The molecule has 136 valence electrons. The van der Waals surface area contributed by atoms with Crippen molar-refractivity contribution >= 4 is 40.7 Å². The van der Waals surface area contributed by atoms with Gasteiger partial charge in [-0.2, -0.15) is 0 Å². The zero-order valence-electron chi connectivity index (χ0n) is 14.0. The third-order valence-electron chi connectivity index (χ3n) is 3.88. The van der Waals surface area contributed by atoms with Crippen molar-refractivity contribution in [3.63, 3.8) is 0 Å². The number of amides is 2. The molecule has 1 unspecified atom stereocenters. The molecule has 8 heteroatoms. The Labute approximate surface area is 161 Å². The van der Waals surface area contributed by atoms with Gasteiger partial charge in [-0.3, -0.25) is 15.0 Å². The highest BCUT2D eigenvalue weighted by atomic mass is 35.5. The molecule has 1 heterocycles. The number of hydrazine groups is 1. The van der Waals surface area contributed by atoms with E-state index in [0.717, 1.165) is 0 Å². The van der Waals surface area contributed by atoms with Crippen LogP contribution in [0.4, 0.5) is 5.69 Å². The molecule has 0 aromatic heterocycles. The molecule has 2 aromatic rings. The maximum Gasteiger partial charge on any atom is 0.276 e. The Bertz CT molecular complexity index is 827. The molecule has 2 amide bonds. The molecule has 2 aromatic carbocycles. The first-order valence-corrected chi connectivity index (χ1v) is 8.81. The van der Waals surface area contributed by atoms with Gasteiger partial charge in [0.1, 0.15) is 11.9 Å². The molecule has 1 atom stereocenters. The van der Waals surface area contributed by atoms with Crippen LogP contribution in [0.2, 0.25) is 10.0 Å². The summed E-state index contributed by atoms with van der Waals surface area (Å²) < 4.78 is 5.41. The van der Waals surface area contributed by atoms with Crippen LogP contribution >= 0.6 is 23.2 Å². The number of rotatable bonds is 5. The molecular formula is C18H17Cl2N3O3. The Kier molecular flexibility index (Phi) is 5.54. The average molecular weight is 394 g/mol. The highest BCUT2D eigenvalue weighted by molar-refractivity contribution is 6.31. The molecule has 2 N–H and O–H groups in total. The number of halogens is 2. The summed E-state index contributed by atoms with van der Waals surface area (Å²) in [7, 11) is 0. The number of carbonyl (C=O) groups is 2. The van der Waals surface area contributed by atoms with Gasteiger partial charge in [0, 0.05) is 15.7 Å². The fourth-order valence-corrected chi connectivity index (χ4v) is 2.89. The summed E-state index contributed by atoms with van der Waals surface area (Å²) >= 11 is 11.8. The summed E-state index contributed by atoms with van der Waals surface area (Å²) in [6, 6.07) is 11.7. The summed E-state index contributed by atoms with van der Waals surface area (Å²) in [5.41, 5.74) is 3.69. The van der Waals surface area contributed by atoms with Crippen LogP contribution in [0.25, 0.3) is 0 Å². The minimum Gasteiger partial charge on any atom is -0.484 e. The van der Waals surface area contributed by atoms with Crippen molar-refractivity contribution in [2.45, 2.75) is 19.5 Å². The second-order valence-corrected chi connectivity index (χ2v) is 6.58. The number of ether oxygens (including phenoxy) is 1. The molecule has 0 radical (unpaired) electrons. The molecule has 0 aliphatic carbocycles. The van der Waals surface area contributed by atoms with Gasteiger partial charge >= 0.3 is 0 Å². The van der Waals surface area contributed by atoms with E-state index in [0.29, 0.717) is 33.5 Å². The summed E-state index contributed by atoms with van der Waals surface area (Å²) in [6.07, 6.45) is 0.238. The lowest BCUT2D eigenvalue weighted by molar-refractivity contribution is -0.127. The van der Waals surface area contributed by atoms with E-state index in [1.54, 1.807) is 42.5 Å². The number of benzene rings is 2. The summed E-state index contributed by atoms with van der Waals surface area (Å²) in [4.78, 5) is 25.0. The van der Waals surface area contributed by atoms with Gasteiger partial charge in [0.25, 0.3) is 11.8 Å². The van der Waals surface area contributed by atoms with Crippen LogP contribution in [0.15, 0.2) is 42.5 Å². The Morgan fingerprint density at radius 1 is 1.19 bits per heavy atom. The Balaban J connectivity index is 1.68. The van der Waals surface area contributed by atoms with E-state index in [9.17, 15) is 9.59 Å². The number of nitrogens with zero attached hydrogens (tertiary/aromatic N) is 1. The number of hydrogen-bond donors (Lipinski definition) is 2. The topological polar surface area (TPSA) is 70.7 Å². The second kappa shape index (κ2) is 7.85. The summed E-state index contributed by atoms with van der Waals surface area (Å²) in [5.74, 6) is -0.260. The average Bonchev–Trinajstić information content (AvgIpc) is 2.64. The van der Waals surface area contributed by atoms with E-state index in [1.165, 1.54) is 5.01 Å². The third-order valence-corrected chi connectivity index (χ3v) is 4.37. The van der Waals surface area contributed by atoms with Crippen LogP contribution in [-0.4, -0.2) is 29.6 Å². The summed E-state index contributed by atoms with van der Waals surface area (Å²) in [6.45, 7) is 1.68. The predicted octanol–water partition coefficient (Wildman–Crippen LogP) is 3.71. The van der Waals surface area contributed by atoms with Crippen LogP contribution in [0.1, 0.15) is 23.7 Å². The molecule has 0 bridgehead atoms. The van der Waals surface area contributed by atoms with Gasteiger partial charge in [-0.25, -0.2) is 5.01 Å². The molecule has 1 aliphatic heterocycles. The van der Waals surface area contributed by atoms with Gasteiger partial charge in [-0.05, 0) is 48.9 Å². The van der Waals surface area contributed by atoms with Crippen molar-refractivity contribution in [1.82, 2.24) is 10.4 Å². The number of anilines is 1. The lowest BCUT2D eigenvalue weighted by atomic mass is 10.1. The first kappa shape index (κ1) is 18.4. The van der Waals surface area contributed by atoms with Gasteiger partial charge in [-0.15, -0.1) is 0 Å². The number of nitrogens with one attached hydrogen (secondary N) is 2. The van der Waals surface area contributed by atoms with Crippen molar-refractivity contribution in [3.05, 3.63) is 58.1 Å². The van der Waals surface area contributed by atoms with Crippen LogP contribution in [0.5, 0.6) is 5.75 Å². The highest BCUT2D eigenvalue weighted by Crippen LogP contribution is 2.28. The highest BCUT2D eigenvalue weighted by Gasteiger charge is 2.32. The largest absolute Gasteiger partial charge is 0.484 e. The SMILES string of the molecule is CCC1Nc2ccc(Cl)cc2C(=O)N1NC(=O)COc1ccc(Cl)cc1. The van der Waals surface area contributed by atoms with Crippen LogP contribution in [0, 0.1) is 0 Å². The molecule has 3 rings (SSSR count). The fourth-order valence-electron chi connectivity index (χ4n) is 2.59. The minimum absolute atomic E-state index is 0.232. The zero-order valence-corrected chi connectivity index (χ0v) is 15.5. The lowest BCUT2D eigenvalue weighted by Crippen LogP contribution is -2.57. The number of hydrogen-bond acceptors (Lipinski definition) is 4. The maximum atomic E-state index is 12.7. The quantitative estimate of drug-likeness (QED) is 0.811. The molecule has 0 saturated heterocycles. The van der Waals surface area contributed by atoms with Crippen molar-refractivity contribution in [3.8, 4) is 5.75 Å². The first-order valence-electron chi connectivity index (χ1n) is 8.05. The van der Waals surface area contributed by atoms with E-state index < -0.39 is 5.91 Å². The Morgan fingerprint density at radius 3 is 2.58 bits per heavy atom. The predicted molar refractivity (Wildman–Crippen MR) is 100 cm³/mol. The lowest BCUT2D eigenvalue weighted by Gasteiger charge is -2.37. The molecule has 26 heavy (non-hydrogen) atoms. The number of carbonyl (C=O) groups excluding carboxylic acids is 2. The van der Waals surface area contributed by atoms with Gasteiger partial charge in [0.15, 0.2) is 6.61 Å². The van der Waals surface area contributed by atoms with E-state index in [1.807, 2.05) is 6.92 Å². The molecule has 0 fully saturated rings. The number of fused-ring (bicyclic) bond motifs is 1. The van der Waals surface area contributed by atoms with E-state index >= 15 is 0 Å². The van der Waals surface area contributed by atoms with Crippen molar-refractivity contribution < 1.29 is 14.3 Å². The van der Waals surface area contributed by atoms with Gasteiger partial charge < -0.3 is 10.1 Å². The van der Waals surface area contributed by atoms with Gasteiger partial charge in [0.2, 0.25) is 0 Å². The van der Waals surface area contributed by atoms with Gasteiger partial charge in [0.05, 0.1) is 5.56 Å². The molecule has 6 nitrogen and oxygen atoms in total. The van der Waals surface area contributed by atoms with Crippen LogP contribution < -0.4 is 15.5 Å². The molecule has 1 aliphatic rings. The smallest absolute Gasteiger partial charge is 0.276 e. The summed E-state index contributed by atoms with van der Waals surface area (Å²) in [5, 5.41) is 5.51. The van der Waals surface area contributed by atoms with E-state index in [2.05, 4.69) is 10.7 Å². The normalized spacial score (nSPS) is 15.9. The van der Waals surface area contributed by atoms with E-state index in [4.69, 9.17) is 27.9 Å². The zero-order chi connectivity index (χ0) is 18.7. The molecule has 0 spiro atoms. The standard InChI is InChI=1S/C18H17Cl2N3O3/c1-2-16-21-15-8-5-12(20)9-14(15)18(25)23(16)22-17(24)10-26-13-6-3-11(19)4-7-13/h3-9,16,21H,2,10H2,1H3,(H,22,24). The van der Waals surface area contributed by atoms with E-state index in [-0.39, 0.29) is 18.7 Å². The van der Waals surface area contributed by atoms with Crippen molar-refractivity contribution in [2.75, 3.05) is 11.9 Å². The van der Waals surface area contributed by atoms with Gasteiger partial charge in [-0.1, -0.05) is 30.1 Å². The fraction of sp³-hybridized carbons (Fsp3) is 0.222. The molecule has 0 saturated carbocycles. The van der Waals surface area contributed by atoms with Crippen molar-refractivity contribution in [2.24, 2.45) is 0 Å². The Morgan fingerprint density at radius 2 is 1.88 bits per heavy atom. The maximum absolute atomic E-state index is 12.7. The van der Waals surface area contributed by atoms with Crippen LogP contribution in [0.3, 0.4) is 0 Å². The van der Waals surface area contributed by atoms with Crippen LogP contribution in [-0.2, 0) is 4.79 Å². The minimum atomic E-state index is -0.445. The third kappa shape index (κ3) is 4.03. The monoisotopic (exact) mass is 393 g/mol. The van der Waals surface area contributed by atoms with Crippen molar-refractivity contribution in [1.29, 1.82) is 0 Å².